The van der Waals surface area contributed by atoms with Gasteiger partial charge in [-0.05, 0) is 67.0 Å². The third-order valence-corrected chi connectivity index (χ3v) is 7.01. The molecule has 1 aliphatic heterocycles. The van der Waals surface area contributed by atoms with Crippen LogP contribution in [-0.4, -0.2) is 48.8 Å². The summed E-state index contributed by atoms with van der Waals surface area (Å²) in [4.78, 5) is -0.178. The van der Waals surface area contributed by atoms with Crippen molar-refractivity contribution < 1.29 is 22.6 Å². The van der Waals surface area contributed by atoms with Gasteiger partial charge in [0.05, 0.1) is 24.6 Å². The van der Waals surface area contributed by atoms with Crippen LogP contribution in [0.5, 0.6) is 0 Å². The fourth-order valence-electron chi connectivity index (χ4n) is 3.55. The quantitative estimate of drug-likeness (QED) is 0.373. The van der Waals surface area contributed by atoms with Crippen molar-refractivity contribution in [3.8, 4) is 0 Å². The Morgan fingerprint density at radius 1 is 1.04 bits per heavy atom. The Kier molecular flexibility index (Phi) is 8.88. The second kappa shape index (κ2) is 10.7. The van der Waals surface area contributed by atoms with Crippen molar-refractivity contribution in [3.63, 3.8) is 0 Å². The lowest BCUT2D eigenvalue weighted by Gasteiger charge is -2.41. The van der Waals surface area contributed by atoms with E-state index in [-0.39, 0.29) is 4.90 Å². The second-order valence-electron chi connectivity index (χ2n) is 7.31. The zero-order chi connectivity index (χ0) is 20.6. The molecular formula is C21H28INO4S. The van der Waals surface area contributed by atoms with Crippen LogP contribution in [0.2, 0.25) is 0 Å². The molecule has 0 amide bonds. The average molecular weight is 517 g/mol. The highest BCUT2D eigenvalue weighted by molar-refractivity contribution is 14.1. The molecule has 1 saturated heterocycles. The number of quaternary nitrogens is 1. The first kappa shape index (κ1) is 23.3. The fraction of sp³-hybridized carbons (Fsp3) is 0.429. The number of benzene rings is 2. The number of piperidine rings is 1. The van der Waals surface area contributed by atoms with Gasteiger partial charge in [-0.15, -0.1) is 0 Å². The van der Waals surface area contributed by atoms with Gasteiger partial charge < -0.3 is 14.1 Å². The third-order valence-electron chi connectivity index (χ3n) is 5.11. The van der Waals surface area contributed by atoms with Gasteiger partial charge in [-0.3, -0.25) is 0 Å². The topological polar surface area (TPSA) is 77.4 Å². The van der Waals surface area contributed by atoms with E-state index in [9.17, 15) is 18.1 Å². The van der Waals surface area contributed by atoms with E-state index < -0.39 is 10.1 Å². The molecule has 1 fully saturated rings. The molecule has 0 aromatic heterocycles. The largest absolute Gasteiger partial charge is 0.744 e. The van der Waals surface area contributed by atoms with Crippen LogP contribution in [0.1, 0.15) is 30.4 Å². The summed E-state index contributed by atoms with van der Waals surface area (Å²) in [5.41, 5.74) is 2.36. The molecule has 0 radical (unpaired) electrons. The zero-order valence-corrected chi connectivity index (χ0v) is 19.2. The Morgan fingerprint density at radius 2 is 1.64 bits per heavy atom. The Labute approximate surface area is 181 Å². The molecule has 0 atom stereocenters. The van der Waals surface area contributed by atoms with Crippen molar-refractivity contribution in [2.45, 2.75) is 37.6 Å². The number of hydrogen-bond donors (Lipinski definition) is 1. The van der Waals surface area contributed by atoms with E-state index in [0.29, 0.717) is 6.61 Å². The molecule has 5 nitrogen and oxygen atoms in total. The molecule has 2 aromatic rings. The lowest BCUT2D eigenvalue weighted by Crippen LogP contribution is -2.52. The van der Waals surface area contributed by atoms with Crippen molar-refractivity contribution in [3.05, 3.63) is 63.2 Å². The molecule has 0 unspecified atom stereocenters. The highest BCUT2D eigenvalue weighted by Crippen LogP contribution is 2.24. The van der Waals surface area contributed by atoms with Crippen molar-refractivity contribution in [1.82, 2.24) is 0 Å². The fourth-order valence-corrected chi connectivity index (χ4v) is 4.58. The Bertz CT molecular complexity index is 841. The summed E-state index contributed by atoms with van der Waals surface area (Å²) in [5.74, 6) is 0. The van der Waals surface area contributed by atoms with Gasteiger partial charge in [-0.2, -0.15) is 0 Å². The van der Waals surface area contributed by atoms with Gasteiger partial charge in [0.2, 0.25) is 0 Å². The van der Waals surface area contributed by atoms with E-state index in [1.54, 1.807) is 12.1 Å². The Hall–Kier alpha value is -1.000. The van der Waals surface area contributed by atoms with E-state index in [1.807, 2.05) is 6.92 Å². The predicted molar refractivity (Wildman–Crippen MR) is 118 cm³/mol. The number of rotatable bonds is 5. The third kappa shape index (κ3) is 7.11. The SMILES string of the molecule is Cc1ccc(S(=O)(=O)[O-])cc1.OCC[N+]1(Cc2ccccc2I)CCCCC1. The van der Waals surface area contributed by atoms with Crippen LogP contribution in [0, 0.1) is 10.5 Å². The number of hydrogen-bond acceptors (Lipinski definition) is 4. The molecule has 3 rings (SSSR count). The minimum Gasteiger partial charge on any atom is -0.744 e. The summed E-state index contributed by atoms with van der Waals surface area (Å²) in [6.07, 6.45) is 3.98. The number of nitrogens with zero attached hydrogens (tertiary/aromatic N) is 1. The van der Waals surface area contributed by atoms with Crippen LogP contribution >= 0.6 is 22.6 Å². The van der Waals surface area contributed by atoms with Gasteiger partial charge >= 0.3 is 0 Å². The maximum atomic E-state index is 10.4. The summed E-state index contributed by atoms with van der Waals surface area (Å²) in [6.45, 7) is 6.58. The normalized spacial score (nSPS) is 16.1. The summed E-state index contributed by atoms with van der Waals surface area (Å²) in [7, 11) is -4.27. The maximum absolute atomic E-state index is 10.4. The maximum Gasteiger partial charge on any atom is 0.124 e. The number of halogens is 1. The molecule has 28 heavy (non-hydrogen) atoms. The molecule has 2 aromatic carbocycles. The lowest BCUT2D eigenvalue weighted by atomic mass is 10.1. The van der Waals surface area contributed by atoms with Crippen molar-refractivity contribution >= 4 is 32.7 Å². The monoisotopic (exact) mass is 517 g/mol. The molecule has 0 spiro atoms. The van der Waals surface area contributed by atoms with Crippen molar-refractivity contribution in [1.29, 1.82) is 0 Å². The van der Waals surface area contributed by atoms with E-state index >= 15 is 0 Å². The highest BCUT2D eigenvalue weighted by Gasteiger charge is 2.30. The number of aryl methyl sites for hydroxylation is 1. The van der Waals surface area contributed by atoms with Gasteiger partial charge in [0.15, 0.2) is 0 Å². The summed E-state index contributed by atoms with van der Waals surface area (Å²) < 4.78 is 33.6. The smallest absolute Gasteiger partial charge is 0.124 e. The van der Waals surface area contributed by atoms with E-state index in [0.717, 1.165) is 23.1 Å². The first-order valence-electron chi connectivity index (χ1n) is 9.48. The van der Waals surface area contributed by atoms with Crippen LogP contribution < -0.4 is 0 Å². The summed E-state index contributed by atoms with van der Waals surface area (Å²) >= 11 is 2.42. The number of aliphatic hydroxyl groups excluding tert-OH is 1. The van der Waals surface area contributed by atoms with Crippen LogP contribution in [-0.2, 0) is 16.7 Å². The minimum absolute atomic E-state index is 0.178. The molecule has 1 heterocycles. The molecule has 154 valence electrons. The molecular weight excluding hydrogens is 489 g/mol. The highest BCUT2D eigenvalue weighted by atomic mass is 127. The minimum atomic E-state index is -4.27. The van der Waals surface area contributed by atoms with Gasteiger partial charge in [-0.1, -0.05) is 35.9 Å². The first-order chi connectivity index (χ1) is 13.3. The molecule has 7 heteroatoms. The van der Waals surface area contributed by atoms with Crippen molar-refractivity contribution in [2.24, 2.45) is 0 Å². The van der Waals surface area contributed by atoms with Gasteiger partial charge in [0.25, 0.3) is 0 Å². The van der Waals surface area contributed by atoms with E-state index in [1.165, 1.54) is 53.6 Å². The molecule has 0 aliphatic carbocycles. The number of likely N-dealkylation sites (tertiary alicyclic amines) is 1. The Balaban J connectivity index is 0.000000221. The lowest BCUT2D eigenvalue weighted by molar-refractivity contribution is -0.945. The Morgan fingerprint density at radius 3 is 2.18 bits per heavy atom. The second-order valence-corrected chi connectivity index (χ2v) is 9.86. The first-order valence-corrected chi connectivity index (χ1v) is 12.0. The molecule has 0 saturated carbocycles. The molecule has 0 bridgehead atoms. The summed E-state index contributed by atoms with van der Waals surface area (Å²) in [5, 5.41) is 9.31. The average Bonchev–Trinajstić information content (AvgIpc) is 2.65. The van der Waals surface area contributed by atoms with Crippen molar-refractivity contribution in [2.75, 3.05) is 26.2 Å². The van der Waals surface area contributed by atoms with Gasteiger partial charge in [0, 0.05) is 9.13 Å². The molecule has 1 N–H and O–H groups in total. The van der Waals surface area contributed by atoms with E-state index in [2.05, 4.69) is 46.9 Å². The summed E-state index contributed by atoms with van der Waals surface area (Å²) in [6, 6.07) is 14.4. The van der Waals surface area contributed by atoms with Crippen LogP contribution in [0.25, 0.3) is 0 Å². The van der Waals surface area contributed by atoms with Crippen LogP contribution in [0.15, 0.2) is 53.4 Å². The predicted octanol–water partition coefficient (Wildman–Crippen LogP) is 3.68. The molecule has 1 aliphatic rings. The zero-order valence-electron chi connectivity index (χ0n) is 16.2. The van der Waals surface area contributed by atoms with E-state index in [4.69, 9.17) is 0 Å². The standard InChI is InChI=1S/C14H21INO.C7H8O3S/c15-14-7-3-2-6-13(14)12-16(10-11-17)8-4-1-5-9-16;1-6-2-4-7(5-3-6)11(8,9)10/h2-3,6-7,17H,1,4-5,8-12H2;2-5H,1H3,(H,8,9,10)/q+1;/p-1. The number of aliphatic hydroxyl groups is 1. The van der Waals surface area contributed by atoms with Crippen LogP contribution in [0.4, 0.5) is 0 Å². The van der Waals surface area contributed by atoms with Gasteiger partial charge in [0.1, 0.15) is 23.2 Å². The van der Waals surface area contributed by atoms with Crippen LogP contribution in [0.3, 0.4) is 0 Å². The van der Waals surface area contributed by atoms with Gasteiger partial charge in [-0.25, -0.2) is 8.42 Å².